The van der Waals surface area contributed by atoms with Crippen molar-refractivity contribution >= 4 is 21.9 Å². The molecule has 1 aromatic rings. The van der Waals surface area contributed by atoms with Gasteiger partial charge in [-0.3, -0.25) is 0 Å². The standard InChI is InChI=1S/C17H28BrN3/c1-11(2)13-7-9-21(10-8-13)16-19-12(3)14(18)15(20-16)17(4,5)6/h11,13H,7-10H2,1-6H3. The number of hydrogen-bond donors (Lipinski definition) is 0. The third kappa shape index (κ3) is 3.77. The van der Waals surface area contributed by atoms with Gasteiger partial charge in [-0.25, -0.2) is 9.97 Å². The first-order valence-electron chi connectivity index (χ1n) is 7.99. The highest BCUT2D eigenvalue weighted by Crippen LogP contribution is 2.32. The summed E-state index contributed by atoms with van der Waals surface area (Å²) in [5.74, 6) is 2.53. The second-order valence-corrected chi connectivity index (χ2v) is 8.38. The van der Waals surface area contributed by atoms with Crippen molar-refractivity contribution in [3.05, 3.63) is 15.9 Å². The maximum Gasteiger partial charge on any atom is 0.225 e. The third-order valence-electron chi connectivity index (χ3n) is 4.48. The Kier molecular flexibility index (Phi) is 4.96. The molecule has 118 valence electrons. The van der Waals surface area contributed by atoms with Gasteiger partial charge in [-0.2, -0.15) is 0 Å². The Hall–Kier alpha value is -0.640. The maximum absolute atomic E-state index is 4.87. The molecule has 1 saturated heterocycles. The van der Waals surface area contributed by atoms with E-state index < -0.39 is 0 Å². The summed E-state index contributed by atoms with van der Waals surface area (Å²) >= 11 is 3.66. The molecule has 0 aliphatic carbocycles. The van der Waals surface area contributed by atoms with Gasteiger partial charge in [-0.15, -0.1) is 0 Å². The Balaban J connectivity index is 2.24. The Bertz CT molecular complexity index is 497. The zero-order valence-electron chi connectivity index (χ0n) is 14.2. The van der Waals surface area contributed by atoms with Crippen molar-refractivity contribution in [3.8, 4) is 0 Å². The van der Waals surface area contributed by atoms with Crippen molar-refractivity contribution in [3.63, 3.8) is 0 Å². The molecule has 0 saturated carbocycles. The molecule has 0 bridgehead atoms. The first-order valence-corrected chi connectivity index (χ1v) is 8.79. The van der Waals surface area contributed by atoms with Gasteiger partial charge in [0.15, 0.2) is 0 Å². The van der Waals surface area contributed by atoms with E-state index in [1.807, 2.05) is 0 Å². The molecule has 1 fully saturated rings. The summed E-state index contributed by atoms with van der Waals surface area (Å²) in [5, 5.41) is 0. The van der Waals surface area contributed by atoms with Crippen LogP contribution in [0.3, 0.4) is 0 Å². The minimum atomic E-state index is 0.0253. The lowest BCUT2D eigenvalue weighted by Crippen LogP contribution is -2.37. The van der Waals surface area contributed by atoms with E-state index in [0.29, 0.717) is 0 Å². The Morgan fingerprint density at radius 2 is 1.71 bits per heavy atom. The van der Waals surface area contributed by atoms with Crippen molar-refractivity contribution < 1.29 is 0 Å². The summed E-state index contributed by atoms with van der Waals surface area (Å²) in [7, 11) is 0. The molecule has 1 aliphatic heterocycles. The lowest BCUT2D eigenvalue weighted by Gasteiger charge is -2.34. The fraction of sp³-hybridized carbons (Fsp3) is 0.765. The van der Waals surface area contributed by atoms with Gasteiger partial charge in [-0.05, 0) is 47.5 Å². The molecule has 0 amide bonds. The van der Waals surface area contributed by atoms with E-state index in [9.17, 15) is 0 Å². The summed E-state index contributed by atoms with van der Waals surface area (Å²) in [6, 6.07) is 0. The van der Waals surface area contributed by atoms with Crippen LogP contribution in [0, 0.1) is 18.8 Å². The van der Waals surface area contributed by atoms with Gasteiger partial charge in [-0.1, -0.05) is 34.6 Å². The second-order valence-electron chi connectivity index (χ2n) is 7.59. The van der Waals surface area contributed by atoms with Gasteiger partial charge in [0.1, 0.15) is 0 Å². The van der Waals surface area contributed by atoms with Crippen LogP contribution in [0.1, 0.15) is 58.8 Å². The summed E-state index contributed by atoms with van der Waals surface area (Å²) in [5.41, 5.74) is 2.17. The van der Waals surface area contributed by atoms with Crippen molar-refractivity contribution in [2.24, 2.45) is 11.8 Å². The Labute approximate surface area is 137 Å². The number of rotatable bonds is 2. The first-order chi connectivity index (χ1) is 9.70. The summed E-state index contributed by atoms with van der Waals surface area (Å²) in [6.07, 6.45) is 2.50. The van der Waals surface area contributed by atoms with Crippen molar-refractivity contribution in [1.29, 1.82) is 0 Å². The van der Waals surface area contributed by atoms with Crippen LogP contribution in [0.2, 0.25) is 0 Å². The van der Waals surface area contributed by atoms with Crippen molar-refractivity contribution in [1.82, 2.24) is 9.97 Å². The highest BCUT2D eigenvalue weighted by Gasteiger charge is 2.26. The molecule has 0 aromatic carbocycles. The quantitative estimate of drug-likeness (QED) is 0.770. The molecule has 4 heteroatoms. The zero-order valence-corrected chi connectivity index (χ0v) is 15.8. The van der Waals surface area contributed by atoms with E-state index in [2.05, 4.69) is 62.4 Å². The predicted octanol–water partition coefficient (Wildman–Crippen LogP) is 4.72. The predicted molar refractivity (Wildman–Crippen MR) is 92.9 cm³/mol. The van der Waals surface area contributed by atoms with Gasteiger partial charge in [0.05, 0.1) is 15.9 Å². The van der Waals surface area contributed by atoms with E-state index in [-0.39, 0.29) is 5.41 Å². The molecule has 1 aliphatic rings. The topological polar surface area (TPSA) is 29.0 Å². The van der Waals surface area contributed by atoms with Crippen LogP contribution in [-0.2, 0) is 5.41 Å². The molecule has 0 radical (unpaired) electrons. The Morgan fingerprint density at radius 1 is 1.14 bits per heavy atom. The molecule has 0 atom stereocenters. The van der Waals surface area contributed by atoms with Crippen LogP contribution >= 0.6 is 15.9 Å². The average Bonchev–Trinajstić information content (AvgIpc) is 2.40. The lowest BCUT2D eigenvalue weighted by atomic mass is 9.87. The minimum Gasteiger partial charge on any atom is -0.341 e. The van der Waals surface area contributed by atoms with Crippen LogP contribution in [0.5, 0.6) is 0 Å². The minimum absolute atomic E-state index is 0.0253. The lowest BCUT2D eigenvalue weighted by molar-refractivity contribution is 0.309. The highest BCUT2D eigenvalue weighted by molar-refractivity contribution is 9.10. The van der Waals surface area contributed by atoms with Gasteiger partial charge in [0, 0.05) is 18.5 Å². The van der Waals surface area contributed by atoms with Gasteiger partial charge in [0.2, 0.25) is 5.95 Å². The molecule has 2 rings (SSSR count). The number of piperidine rings is 1. The maximum atomic E-state index is 4.87. The van der Waals surface area contributed by atoms with E-state index in [0.717, 1.165) is 46.7 Å². The van der Waals surface area contributed by atoms with Crippen molar-refractivity contribution in [2.45, 2.75) is 59.8 Å². The number of aryl methyl sites for hydroxylation is 1. The number of aromatic nitrogens is 2. The SMILES string of the molecule is Cc1nc(N2CCC(C(C)C)CC2)nc(C(C)(C)C)c1Br. The summed E-state index contributed by atoms with van der Waals surface area (Å²) in [6.45, 7) is 15.5. The molecule has 2 heterocycles. The van der Waals surface area contributed by atoms with Crippen LogP contribution in [0.15, 0.2) is 4.47 Å². The number of hydrogen-bond acceptors (Lipinski definition) is 3. The second kappa shape index (κ2) is 6.23. The molecular formula is C17H28BrN3. The van der Waals surface area contributed by atoms with E-state index in [4.69, 9.17) is 9.97 Å². The Morgan fingerprint density at radius 3 is 2.19 bits per heavy atom. The van der Waals surface area contributed by atoms with E-state index in [1.54, 1.807) is 0 Å². The van der Waals surface area contributed by atoms with Gasteiger partial charge in [0.25, 0.3) is 0 Å². The first kappa shape index (κ1) is 16.7. The van der Waals surface area contributed by atoms with Crippen LogP contribution in [-0.4, -0.2) is 23.1 Å². The highest BCUT2D eigenvalue weighted by atomic mass is 79.9. The van der Waals surface area contributed by atoms with E-state index >= 15 is 0 Å². The monoisotopic (exact) mass is 353 g/mol. The van der Waals surface area contributed by atoms with Crippen molar-refractivity contribution in [2.75, 3.05) is 18.0 Å². The molecule has 1 aromatic heterocycles. The largest absolute Gasteiger partial charge is 0.341 e. The molecule has 3 nitrogen and oxygen atoms in total. The summed E-state index contributed by atoms with van der Waals surface area (Å²) < 4.78 is 1.05. The third-order valence-corrected chi connectivity index (χ3v) is 5.43. The molecule has 0 unspecified atom stereocenters. The van der Waals surface area contributed by atoms with Crippen LogP contribution in [0.25, 0.3) is 0 Å². The zero-order chi connectivity index (χ0) is 15.8. The average molecular weight is 354 g/mol. The van der Waals surface area contributed by atoms with Gasteiger partial charge >= 0.3 is 0 Å². The molecule has 0 N–H and O–H groups in total. The molecular weight excluding hydrogens is 326 g/mol. The fourth-order valence-electron chi connectivity index (χ4n) is 2.95. The smallest absolute Gasteiger partial charge is 0.225 e. The molecule has 0 spiro atoms. The van der Waals surface area contributed by atoms with Crippen LogP contribution < -0.4 is 4.90 Å². The number of nitrogens with zero attached hydrogens (tertiary/aromatic N) is 3. The number of anilines is 1. The van der Waals surface area contributed by atoms with E-state index in [1.165, 1.54) is 12.8 Å². The molecule has 21 heavy (non-hydrogen) atoms. The normalized spacial score (nSPS) is 17.6. The summed E-state index contributed by atoms with van der Waals surface area (Å²) in [4.78, 5) is 11.9. The number of halogens is 1. The van der Waals surface area contributed by atoms with Gasteiger partial charge < -0.3 is 4.90 Å². The fourth-order valence-corrected chi connectivity index (χ4v) is 3.72. The van der Waals surface area contributed by atoms with Crippen LogP contribution in [0.4, 0.5) is 5.95 Å².